The van der Waals surface area contributed by atoms with Crippen molar-refractivity contribution in [3.8, 4) is 0 Å². The Kier molecular flexibility index (Phi) is 4.79. The van der Waals surface area contributed by atoms with Gasteiger partial charge >= 0.3 is 124 Å². The van der Waals surface area contributed by atoms with Gasteiger partial charge in [-0.15, -0.1) is 0 Å². The van der Waals surface area contributed by atoms with Crippen molar-refractivity contribution < 1.29 is 4.89 Å². The van der Waals surface area contributed by atoms with Gasteiger partial charge in [-0.3, -0.25) is 0 Å². The molecule has 2 aliphatic rings. The van der Waals surface area contributed by atoms with Crippen LogP contribution in [0.4, 0.5) is 0 Å². The van der Waals surface area contributed by atoms with E-state index >= 15 is 0 Å². The van der Waals surface area contributed by atoms with E-state index in [1.54, 1.807) is 0 Å². The third kappa shape index (κ3) is 2.81. The van der Waals surface area contributed by atoms with E-state index in [4.69, 9.17) is 0 Å². The van der Waals surface area contributed by atoms with E-state index in [9.17, 15) is 4.89 Å². The van der Waals surface area contributed by atoms with Crippen molar-refractivity contribution >= 4 is 12.8 Å². The normalized spacial score (nSPS) is 23.6. The molecule has 3 rings (SSSR count). The molecule has 1 aromatic rings. The van der Waals surface area contributed by atoms with Gasteiger partial charge in [-0.1, -0.05) is 0 Å². The average molecular weight is 292 g/mol. The summed E-state index contributed by atoms with van der Waals surface area (Å²) in [6.45, 7) is 0. The number of hydrogen-bond acceptors (Lipinski definition) is 1. The third-order valence-corrected chi connectivity index (χ3v) is 10.6. The maximum atomic E-state index is 11.9. The minimum atomic E-state index is -2.32. The van der Waals surface area contributed by atoms with Gasteiger partial charge < -0.3 is 0 Å². The van der Waals surface area contributed by atoms with Crippen LogP contribution in [0.5, 0.6) is 0 Å². The van der Waals surface area contributed by atoms with Crippen molar-refractivity contribution in [3.63, 3.8) is 0 Å². The summed E-state index contributed by atoms with van der Waals surface area (Å²) in [5.74, 6) is 0. The van der Waals surface area contributed by atoms with Gasteiger partial charge in [0.05, 0.1) is 0 Å². The summed E-state index contributed by atoms with van der Waals surface area (Å²) in [6, 6.07) is 10.8. The van der Waals surface area contributed by atoms with Gasteiger partial charge in [0.15, 0.2) is 0 Å². The molecule has 0 unspecified atom stereocenters. The molecule has 0 aromatic heterocycles. The molecule has 0 atom stereocenters. The van der Waals surface area contributed by atoms with Crippen LogP contribution in [0, 0.1) is 0 Å². The van der Waals surface area contributed by atoms with E-state index in [1.807, 2.05) is 0 Å². The summed E-state index contributed by atoms with van der Waals surface area (Å²) in [5.41, 5.74) is 1.23. The van der Waals surface area contributed by atoms with Gasteiger partial charge in [-0.05, 0) is 0 Å². The van der Waals surface area contributed by atoms with Crippen LogP contribution in [-0.2, 0) is 0 Å². The second-order valence-corrected chi connectivity index (χ2v) is 10.7. The molecule has 0 heterocycles. The van der Waals surface area contributed by atoms with Crippen molar-refractivity contribution in [2.75, 3.05) is 0 Å². The molecule has 0 amide bonds. The number of benzene rings is 1. The minimum absolute atomic E-state index is 0.613. The number of hydrogen-bond donors (Lipinski definition) is 1. The molecule has 0 bridgehead atoms. The van der Waals surface area contributed by atoms with Gasteiger partial charge in [0, 0.05) is 0 Å². The third-order valence-electron chi connectivity index (χ3n) is 5.69. The Morgan fingerprint density at radius 2 is 1.15 bits per heavy atom. The molecule has 1 nitrogen and oxygen atoms in total. The van der Waals surface area contributed by atoms with E-state index < -0.39 is 7.49 Å². The summed E-state index contributed by atoms with van der Waals surface area (Å²) >= 11 is 0. The topological polar surface area (TPSA) is 20.2 Å². The molecule has 1 aromatic carbocycles. The van der Waals surface area contributed by atoms with E-state index in [-0.39, 0.29) is 0 Å². The Bertz CT molecular complexity index is 387. The van der Waals surface area contributed by atoms with Crippen molar-refractivity contribution in [2.24, 2.45) is 0 Å². The van der Waals surface area contributed by atoms with Crippen LogP contribution < -0.4 is 5.30 Å². The first-order chi connectivity index (χ1) is 9.82. The first-order valence-electron chi connectivity index (χ1n) is 8.59. The summed E-state index contributed by atoms with van der Waals surface area (Å²) in [5, 5.41) is 1.32. The van der Waals surface area contributed by atoms with Crippen LogP contribution in [0.2, 0.25) is 0 Å². The summed E-state index contributed by atoms with van der Waals surface area (Å²) in [4.78, 5) is 11.9. The molecular formula is C18H29OP. The quantitative estimate of drug-likeness (QED) is 0.805. The molecule has 2 saturated carbocycles. The zero-order valence-corrected chi connectivity index (χ0v) is 13.6. The van der Waals surface area contributed by atoms with Gasteiger partial charge in [-0.2, -0.15) is 0 Å². The molecular weight excluding hydrogens is 263 g/mol. The summed E-state index contributed by atoms with van der Waals surface area (Å²) < 4.78 is 0. The van der Waals surface area contributed by atoms with Crippen molar-refractivity contribution in [1.82, 2.24) is 0 Å². The second kappa shape index (κ2) is 6.58. The maximum absolute atomic E-state index is 11.9. The molecule has 1 N–H and O–H groups in total. The van der Waals surface area contributed by atoms with Crippen LogP contribution in [0.15, 0.2) is 30.3 Å². The standard InChI is InChI=1S/C18H29OP/c19-20(16-10-4-1-5-11-16,17-12-6-2-7-13-17)18-14-8-3-9-15-18/h1,4-5,10-11,17-20H,2-3,6-9,12-15H2. The van der Waals surface area contributed by atoms with Crippen LogP contribution in [0.3, 0.4) is 0 Å². The Morgan fingerprint density at radius 3 is 1.60 bits per heavy atom. The zero-order valence-electron chi connectivity index (χ0n) is 12.6. The second-order valence-electron chi connectivity index (χ2n) is 6.86. The Hall–Kier alpha value is -0.390. The molecule has 2 fully saturated rings. The van der Waals surface area contributed by atoms with E-state index in [0.717, 1.165) is 0 Å². The van der Waals surface area contributed by atoms with Crippen molar-refractivity contribution in [2.45, 2.75) is 75.5 Å². The Labute approximate surface area is 124 Å². The Balaban J connectivity index is 1.92. The first-order valence-corrected chi connectivity index (χ1v) is 10.7. The fraction of sp³-hybridized carbons (Fsp3) is 0.667. The van der Waals surface area contributed by atoms with Crippen molar-refractivity contribution in [3.05, 3.63) is 30.3 Å². The first kappa shape index (κ1) is 14.5. The molecule has 2 aliphatic carbocycles. The monoisotopic (exact) mass is 292 g/mol. The molecule has 0 saturated heterocycles. The summed E-state index contributed by atoms with van der Waals surface area (Å²) in [7, 11) is -2.32. The molecule has 20 heavy (non-hydrogen) atoms. The van der Waals surface area contributed by atoms with Gasteiger partial charge in [0.1, 0.15) is 0 Å². The van der Waals surface area contributed by atoms with E-state index in [1.165, 1.54) is 69.5 Å². The van der Waals surface area contributed by atoms with Gasteiger partial charge in [0.25, 0.3) is 0 Å². The Morgan fingerprint density at radius 1 is 0.700 bits per heavy atom. The predicted molar refractivity (Wildman–Crippen MR) is 90.4 cm³/mol. The summed E-state index contributed by atoms with van der Waals surface area (Å²) in [6.07, 6.45) is 13.2. The molecule has 0 spiro atoms. The SMILES string of the molecule is O[PH](c1ccccc1)(C1CCCCC1)C1CCCCC1. The van der Waals surface area contributed by atoms with Crippen LogP contribution >= 0.6 is 7.49 Å². The van der Waals surface area contributed by atoms with E-state index in [2.05, 4.69) is 30.3 Å². The van der Waals surface area contributed by atoms with Crippen molar-refractivity contribution in [1.29, 1.82) is 0 Å². The fourth-order valence-electron chi connectivity index (χ4n) is 4.60. The van der Waals surface area contributed by atoms with Crippen LogP contribution in [0.1, 0.15) is 64.2 Å². The fourth-order valence-corrected chi connectivity index (χ4v) is 9.51. The molecule has 2 heteroatoms. The predicted octanol–water partition coefficient (Wildman–Crippen LogP) is 4.63. The van der Waals surface area contributed by atoms with Gasteiger partial charge in [0.2, 0.25) is 0 Å². The van der Waals surface area contributed by atoms with Gasteiger partial charge in [-0.25, -0.2) is 0 Å². The zero-order chi connectivity index (χ0) is 13.8. The van der Waals surface area contributed by atoms with Crippen LogP contribution in [-0.4, -0.2) is 16.2 Å². The molecule has 0 aliphatic heterocycles. The van der Waals surface area contributed by atoms with Crippen LogP contribution in [0.25, 0.3) is 0 Å². The average Bonchev–Trinajstić information content (AvgIpc) is 2.56. The number of rotatable bonds is 3. The van der Waals surface area contributed by atoms with E-state index in [0.29, 0.717) is 11.3 Å². The molecule has 0 radical (unpaired) electrons. The molecule has 112 valence electrons.